The lowest BCUT2D eigenvalue weighted by molar-refractivity contribution is -0.137. The van der Waals surface area contributed by atoms with Gasteiger partial charge in [0.25, 0.3) is 0 Å². The third-order valence-electron chi connectivity index (χ3n) is 2.28. The highest BCUT2D eigenvalue weighted by molar-refractivity contribution is 6.08. The van der Waals surface area contributed by atoms with Gasteiger partial charge in [-0.2, -0.15) is 13.2 Å². The van der Waals surface area contributed by atoms with Gasteiger partial charge in [0.05, 0.1) is 11.8 Å². The summed E-state index contributed by atoms with van der Waals surface area (Å²) in [6.07, 6.45) is -3.58. The van der Waals surface area contributed by atoms with Crippen molar-refractivity contribution in [3.05, 3.63) is 59.3 Å². The summed E-state index contributed by atoms with van der Waals surface area (Å²) in [5.41, 5.74) is -1.96. The average Bonchev–Trinajstić information content (AvgIpc) is 2.79. The number of furan rings is 1. The number of hydrogen-bond acceptors (Lipinski definition) is 2. The Balaban J connectivity index is 2.56. The van der Waals surface area contributed by atoms with Crippen molar-refractivity contribution < 1.29 is 26.8 Å². The Labute approximate surface area is 98.8 Å². The summed E-state index contributed by atoms with van der Waals surface area (Å²) in [7, 11) is 0. The van der Waals surface area contributed by atoms with Gasteiger partial charge in [-0.25, -0.2) is 4.39 Å². The number of alkyl halides is 3. The molecule has 0 aliphatic heterocycles. The van der Waals surface area contributed by atoms with Crippen molar-refractivity contribution in [2.75, 3.05) is 0 Å². The highest BCUT2D eigenvalue weighted by atomic mass is 19.4. The Kier molecular flexibility index (Phi) is 2.94. The number of halogens is 4. The molecule has 0 atom stereocenters. The van der Waals surface area contributed by atoms with Crippen LogP contribution in [0.3, 0.4) is 0 Å². The van der Waals surface area contributed by atoms with Crippen molar-refractivity contribution in [1.82, 2.24) is 0 Å². The Hall–Kier alpha value is -2.11. The van der Waals surface area contributed by atoms with Crippen LogP contribution in [0.1, 0.15) is 21.7 Å². The van der Waals surface area contributed by atoms with Crippen molar-refractivity contribution in [3.8, 4) is 0 Å². The van der Waals surface area contributed by atoms with Gasteiger partial charge in [0, 0.05) is 5.56 Å². The zero-order valence-corrected chi connectivity index (χ0v) is 8.79. The summed E-state index contributed by atoms with van der Waals surface area (Å²) >= 11 is 0. The number of carbonyl (C=O) groups is 1. The van der Waals surface area contributed by atoms with Gasteiger partial charge in [-0.1, -0.05) is 0 Å². The van der Waals surface area contributed by atoms with Crippen LogP contribution >= 0.6 is 0 Å². The molecular weight excluding hydrogens is 252 g/mol. The quantitative estimate of drug-likeness (QED) is 0.607. The van der Waals surface area contributed by atoms with E-state index in [0.717, 1.165) is 6.26 Å². The predicted octanol–water partition coefficient (Wildman–Crippen LogP) is 3.67. The molecule has 2 rings (SSSR count). The summed E-state index contributed by atoms with van der Waals surface area (Å²) < 4.78 is 55.7. The normalized spacial score (nSPS) is 11.6. The lowest BCUT2D eigenvalue weighted by Gasteiger charge is -2.11. The second-order valence-electron chi connectivity index (χ2n) is 3.49. The van der Waals surface area contributed by atoms with Crippen LogP contribution in [0.15, 0.2) is 41.0 Å². The minimum absolute atomic E-state index is 0.272. The third-order valence-corrected chi connectivity index (χ3v) is 2.28. The molecule has 0 amide bonds. The van der Waals surface area contributed by atoms with E-state index in [1.807, 2.05) is 0 Å². The molecule has 2 aromatic rings. The van der Waals surface area contributed by atoms with Crippen LogP contribution in [-0.2, 0) is 6.18 Å². The molecule has 0 unspecified atom stereocenters. The first kappa shape index (κ1) is 12.3. The van der Waals surface area contributed by atoms with Crippen molar-refractivity contribution in [2.24, 2.45) is 0 Å². The van der Waals surface area contributed by atoms with E-state index in [0.29, 0.717) is 18.2 Å². The summed E-state index contributed by atoms with van der Waals surface area (Å²) in [5.74, 6) is -2.20. The zero-order valence-electron chi connectivity index (χ0n) is 8.79. The summed E-state index contributed by atoms with van der Waals surface area (Å²) in [6, 6.07) is 4.31. The number of carbonyl (C=O) groups excluding carboxylic acids is 1. The molecule has 1 aromatic heterocycles. The van der Waals surface area contributed by atoms with Crippen molar-refractivity contribution in [3.63, 3.8) is 0 Å². The van der Waals surface area contributed by atoms with E-state index in [1.54, 1.807) is 0 Å². The van der Waals surface area contributed by atoms with Crippen molar-refractivity contribution >= 4 is 5.78 Å². The standard InChI is InChI=1S/C12H6F4O2/c13-7-3-4-9(12(14,15)16)8(6-7)11(17)10-2-1-5-18-10/h1-6H. The second-order valence-corrected chi connectivity index (χ2v) is 3.49. The van der Waals surface area contributed by atoms with Gasteiger partial charge in [0.1, 0.15) is 5.82 Å². The van der Waals surface area contributed by atoms with Crippen molar-refractivity contribution in [2.45, 2.75) is 6.18 Å². The summed E-state index contributed by atoms with van der Waals surface area (Å²) in [5, 5.41) is 0. The molecular formula is C12H6F4O2. The molecule has 0 aliphatic carbocycles. The van der Waals surface area contributed by atoms with Gasteiger partial charge in [-0.05, 0) is 30.3 Å². The molecule has 0 saturated carbocycles. The minimum Gasteiger partial charge on any atom is -0.461 e. The monoisotopic (exact) mass is 258 g/mol. The molecule has 1 heterocycles. The molecule has 6 heteroatoms. The molecule has 0 N–H and O–H groups in total. The predicted molar refractivity (Wildman–Crippen MR) is 53.5 cm³/mol. The first-order chi connectivity index (χ1) is 8.39. The van der Waals surface area contributed by atoms with Crippen LogP contribution in [0.4, 0.5) is 17.6 Å². The molecule has 0 spiro atoms. The Morgan fingerprint density at radius 1 is 1.17 bits per heavy atom. The third kappa shape index (κ3) is 2.27. The Bertz CT molecular complexity index is 570. The number of benzene rings is 1. The smallest absolute Gasteiger partial charge is 0.417 e. The molecule has 0 fully saturated rings. The zero-order chi connectivity index (χ0) is 13.3. The van der Waals surface area contributed by atoms with Crippen LogP contribution in [0, 0.1) is 5.82 Å². The number of rotatable bonds is 2. The van der Waals surface area contributed by atoms with Gasteiger partial charge in [0.15, 0.2) is 5.76 Å². The SMILES string of the molecule is O=C(c1ccco1)c1cc(F)ccc1C(F)(F)F. The maximum absolute atomic E-state index is 13.0. The number of ketones is 1. The molecule has 0 bridgehead atoms. The molecule has 2 nitrogen and oxygen atoms in total. The molecule has 94 valence electrons. The van der Waals surface area contributed by atoms with Crippen LogP contribution in [-0.4, -0.2) is 5.78 Å². The molecule has 0 saturated heterocycles. The summed E-state index contributed by atoms with van der Waals surface area (Å²) in [4.78, 5) is 11.8. The van der Waals surface area contributed by atoms with Gasteiger partial charge in [-0.15, -0.1) is 0 Å². The fourth-order valence-corrected chi connectivity index (χ4v) is 1.49. The van der Waals surface area contributed by atoms with E-state index in [9.17, 15) is 22.4 Å². The van der Waals surface area contributed by atoms with Crippen molar-refractivity contribution in [1.29, 1.82) is 0 Å². The molecule has 1 aromatic carbocycles. The van der Waals surface area contributed by atoms with E-state index in [-0.39, 0.29) is 5.76 Å². The number of hydrogen-bond donors (Lipinski definition) is 0. The summed E-state index contributed by atoms with van der Waals surface area (Å²) in [6.45, 7) is 0. The van der Waals surface area contributed by atoms with Crippen LogP contribution < -0.4 is 0 Å². The van der Waals surface area contributed by atoms with Crippen LogP contribution in [0.2, 0.25) is 0 Å². The van der Waals surface area contributed by atoms with Gasteiger partial charge in [0.2, 0.25) is 5.78 Å². The van der Waals surface area contributed by atoms with E-state index < -0.39 is 28.9 Å². The molecule has 18 heavy (non-hydrogen) atoms. The molecule has 0 radical (unpaired) electrons. The highest BCUT2D eigenvalue weighted by Crippen LogP contribution is 2.33. The fourth-order valence-electron chi connectivity index (χ4n) is 1.49. The van der Waals surface area contributed by atoms with Gasteiger partial charge >= 0.3 is 6.18 Å². The Morgan fingerprint density at radius 3 is 2.44 bits per heavy atom. The van der Waals surface area contributed by atoms with E-state index >= 15 is 0 Å². The molecule has 0 aliphatic rings. The lowest BCUT2D eigenvalue weighted by Crippen LogP contribution is -2.13. The van der Waals surface area contributed by atoms with Gasteiger partial charge in [-0.3, -0.25) is 4.79 Å². The van der Waals surface area contributed by atoms with E-state index in [2.05, 4.69) is 0 Å². The maximum atomic E-state index is 13.0. The van der Waals surface area contributed by atoms with Crippen LogP contribution in [0.25, 0.3) is 0 Å². The minimum atomic E-state index is -4.73. The average molecular weight is 258 g/mol. The lowest BCUT2D eigenvalue weighted by atomic mass is 10.0. The Morgan fingerprint density at radius 2 is 1.89 bits per heavy atom. The first-order valence-corrected chi connectivity index (χ1v) is 4.84. The highest BCUT2D eigenvalue weighted by Gasteiger charge is 2.36. The van der Waals surface area contributed by atoms with E-state index in [4.69, 9.17) is 4.42 Å². The largest absolute Gasteiger partial charge is 0.461 e. The van der Waals surface area contributed by atoms with E-state index in [1.165, 1.54) is 12.1 Å². The first-order valence-electron chi connectivity index (χ1n) is 4.84. The maximum Gasteiger partial charge on any atom is 0.417 e. The van der Waals surface area contributed by atoms with Gasteiger partial charge < -0.3 is 4.42 Å². The fraction of sp³-hybridized carbons (Fsp3) is 0.0833. The van der Waals surface area contributed by atoms with Crippen LogP contribution in [0.5, 0.6) is 0 Å². The second kappa shape index (κ2) is 4.29. The topological polar surface area (TPSA) is 30.2 Å².